The Bertz CT molecular complexity index is 977. The summed E-state index contributed by atoms with van der Waals surface area (Å²) in [6, 6.07) is 11.4. The van der Waals surface area contributed by atoms with E-state index in [1.54, 1.807) is 29.9 Å². The number of carbonyl (C=O) groups is 1. The number of hydrogen-bond donors (Lipinski definition) is 1. The predicted molar refractivity (Wildman–Crippen MR) is 108 cm³/mol. The number of nitrogens with one attached hydrogen (secondary N) is 1. The van der Waals surface area contributed by atoms with E-state index in [1.807, 2.05) is 18.3 Å². The van der Waals surface area contributed by atoms with Gasteiger partial charge >= 0.3 is 6.61 Å². The van der Waals surface area contributed by atoms with Crippen LogP contribution in [0.1, 0.15) is 22.8 Å². The van der Waals surface area contributed by atoms with Gasteiger partial charge in [0.05, 0.1) is 23.8 Å². The fourth-order valence-corrected chi connectivity index (χ4v) is 2.95. The zero-order chi connectivity index (χ0) is 20.8. The van der Waals surface area contributed by atoms with Crippen molar-refractivity contribution in [2.75, 3.05) is 11.9 Å². The molecule has 3 aromatic rings. The quantitative estimate of drug-likeness (QED) is 0.511. The molecular weight excluding hydrogens is 448 g/mol. The second kappa shape index (κ2) is 9.51. The molecule has 0 saturated carbocycles. The molecule has 1 aromatic heterocycles. The lowest BCUT2D eigenvalue weighted by Crippen LogP contribution is -2.12. The Morgan fingerprint density at radius 1 is 1.21 bits per heavy atom. The summed E-state index contributed by atoms with van der Waals surface area (Å²) in [5, 5.41) is 6.92. The molecule has 3 rings (SSSR count). The van der Waals surface area contributed by atoms with Crippen molar-refractivity contribution < 1.29 is 23.0 Å². The molecule has 0 aliphatic carbocycles. The summed E-state index contributed by atoms with van der Waals surface area (Å²) < 4.78 is 37.4. The first-order valence-corrected chi connectivity index (χ1v) is 9.54. The van der Waals surface area contributed by atoms with Gasteiger partial charge in [0.25, 0.3) is 5.91 Å². The second-order valence-corrected chi connectivity index (χ2v) is 6.90. The minimum atomic E-state index is -2.96. The largest absolute Gasteiger partial charge is 0.490 e. The van der Waals surface area contributed by atoms with Crippen molar-refractivity contribution in [3.63, 3.8) is 0 Å². The molecule has 0 aliphatic heterocycles. The number of halogens is 3. The Kier molecular flexibility index (Phi) is 6.82. The lowest BCUT2D eigenvalue weighted by atomic mass is 10.1. The molecule has 0 unspecified atom stereocenters. The summed E-state index contributed by atoms with van der Waals surface area (Å²) in [6.45, 7) is -0.390. The van der Waals surface area contributed by atoms with Crippen molar-refractivity contribution in [2.24, 2.45) is 0 Å². The molecule has 0 atom stereocenters. The van der Waals surface area contributed by atoms with Crippen molar-refractivity contribution in [1.82, 2.24) is 9.78 Å². The molecule has 152 valence electrons. The van der Waals surface area contributed by atoms with Crippen LogP contribution in [0.5, 0.6) is 11.5 Å². The minimum Gasteiger partial charge on any atom is -0.490 e. The van der Waals surface area contributed by atoms with Crippen LogP contribution in [0.2, 0.25) is 0 Å². The van der Waals surface area contributed by atoms with Crippen LogP contribution in [-0.2, 0) is 6.54 Å². The highest BCUT2D eigenvalue weighted by Crippen LogP contribution is 2.32. The number of amides is 1. The highest BCUT2D eigenvalue weighted by atomic mass is 79.9. The number of nitrogens with zero attached hydrogens (tertiary/aromatic N) is 2. The van der Waals surface area contributed by atoms with Crippen LogP contribution in [0, 0.1) is 0 Å². The zero-order valence-corrected chi connectivity index (χ0v) is 17.0. The van der Waals surface area contributed by atoms with Gasteiger partial charge in [-0.25, -0.2) is 0 Å². The standard InChI is InChI=1S/C20H18BrF2N3O3/c1-2-28-18-9-16(7-8-17(18)29-20(22)23)25-19(27)14-5-3-13(4-6-14)11-26-12-15(21)10-24-26/h3-10,12,20H,2,11H2,1H3,(H,25,27). The highest BCUT2D eigenvalue weighted by Gasteiger charge is 2.13. The van der Waals surface area contributed by atoms with E-state index in [0.29, 0.717) is 17.8 Å². The van der Waals surface area contributed by atoms with Crippen molar-refractivity contribution in [3.8, 4) is 11.5 Å². The lowest BCUT2D eigenvalue weighted by molar-refractivity contribution is -0.0514. The minimum absolute atomic E-state index is 0.0885. The normalized spacial score (nSPS) is 10.8. The third kappa shape index (κ3) is 5.77. The average Bonchev–Trinajstić information content (AvgIpc) is 3.09. The molecule has 0 saturated heterocycles. The lowest BCUT2D eigenvalue weighted by Gasteiger charge is -2.13. The molecule has 9 heteroatoms. The van der Waals surface area contributed by atoms with Gasteiger partial charge in [-0.3, -0.25) is 9.48 Å². The fraction of sp³-hybridized carbons (Fsp3) is 0.200. The summed E-state index contributed by atoms with van der Waals surface area (Å²) >= 11 is 3.35. The SMILES string of the molecule is CCOc1cc(NC(=O)c2ccc(Cn3cc(Br)cn3)cc2)ccc1OC(F)F. The van der Waals surface area contributed by atoms with Gasteiger partial charge in [-0.15, -0.1) is 0 Å². The zero-order valence-electron chi connectivity index (χ0n) is 15.4. The number of hydrogen-bond acceptors (Lipinski definition) is 4. The number of benzene rings is 2. The molecular formula is C20H18BrF2N3O3. The van der Waals surface area contributed by atoms with E-state index in [-0.39, 0.29) is 24.0 Å². The Labute approximate surface area is 174 Å². The molecule has 2 aromatic carbocycles. The summed E-state index contributed by atoms with van der Waals surface area (Å²) in [5.74, 6) is -0.288. The fourth-order valence-electron chi connectivity index (χ4n) is 2.62. The van der Waals surface area contributed by atoms with Crippen molar-refractivity contribution in [1.29, 1.82) is 0 Å². The second-order valence-electron chi connectivity index (χ2n) is 5.98. The molecule has 0 bridgehead atoms. The molecule has 0 radical (unpaired) electrons. The first kappa shape index (κ1) is 20.8. The van der Waals surface area contributed by atoms with E-state index in [4.69, 9.17) is 4.74 Å². The smallest absolute Gasteiger partial charge is 0.387 e. The maximum absolute atomic E-state index is 12.5. The van der Waals surface area contributed by atoms with Gasteiger partial charge in [-0.05, 0) is 52.7 Å². The van der Waals surface area contributed by atoms with E-state index < -0.39 is 6.61 Å². The summed E-state index contributed by atoms with van der Waals surface area (Å²) in [5.41, 5.74) is 1.86. The summed E-state index contributed by atoms with van der Waals surface area (Å²) in [7, 11) is 0. The van der Waals surface area contributed by atoms with E-state index in [0.717, 1.165) is 10.0 Å². The van der Waals surface area contributed by atoms with E-state index in [2.05, 4.69) is 31.1 Å². The highest BCUT2D eigenvalue weighted by molar-refractivity contribution is 9.10. The Morgan fingerprint density at radius 2 is 1.97 bits per heavy atom. The molecule has 6 nitrogen and oxygen atoms in total. The van der Waals surface area contributed by atoms with Crippen LogP contribution >= 0.6 is 15.9 Å². The molecule has 0 spiro atoms. The third-order valence-electron chi connectivity index (χ3n) is 3.88. The Balaban J connectivity index is 1.68. The van der Waals surface area contributed by atoms with Gasteiger partial charge in [-0.1, -0.05) is 12.1 Å². The maximum atomic E-state index is 12.5. The van der Waals surface area contributed by atoms with Gasteiger partial charge in [0.2, 0.25) is 0 Å². The van der Waals surface area contributed by atoms with E-state index in [9.17, 15) is 13.6 Å². The third-order valence-corrected chi connectivity index (χ3v) is 4.29. The Hall–Kier alpha value is -2.94. The number of ether oxygens (including phenoxy) is 2. The van der Waals surface area contributed by atoms with Gasteiger partial charge in [-0.2, -0.15) is 13.9 Å². The molecule has 0 fully saturated rings. The Morgan fingerprint density at radius 3 is 2.59 bits per heavy atom. The van der Waals surface area contributed by atoms with Gasteiger partial charge in [0, 0.05) is 23.5 Å². The predicted octanol–water partition coefficient (Wildman–Crippen LogP) is 4.95. The number of carbonyl (C=O) groups excluding carboxylic acids is 1. The first-order chi connectivity index (χ1) is 13.9. The van der Waals surface area contributed by atoms with Crippen LogP contribution in [-0.4, -0.2) is 28.9 Å². The molecule has 1 heterocycles. The van der Waals surface area contributed by atoms with Crippen molar-refractivity contribution >= 4 is 27.5 Å². The molecule has 0 aliphatic rings. The van der Waals surface area contributed by atoms with Gasteiger partial charge < -0.3 is 14.8 Å². The number of anilines is 1. The molecule has 29 heavy (non-hydrogen) atoms. The topological polar surface area (TPSA) is 65.4 Å². The van der Waals surface area contributed by atoms with Crippen LogP contribution in [0.3, 0.4) is 0 Å². The van der Waals surface area contributed by atoms with Crippen LogP contribution in [0.25, 0.3) is 0 Å². The van der Waals surface area contributed by atoms with Crippen molar-refractivity contribution in [2.45, 2.75) is 20.1 Å². The van der Waals surface area contributed by atoms with Gasteiger partial charge in [0.1, 0.15) is 0 Å². The van der Waals surface area contributed by atoms with E-state index >= 15 is 0 Å². The number of aromatic nitrogens is 2. The van der Waals surface area contributed by atoms with Gasteiger partial charge in [0.15, 0.2) is 11.5 Å². The van der Waals surface area contributed by atoms with Crippen molar-refractivity contribution in [3.05, 3.63) is 70.5 Å². The number of rotatable bonds is 8. The maximum Gasteiger partial charge on any atom is 0.387 e. The van der Waals surface area contributed by atoms with Crippen LogP contribution in [0.15, 0.2) is 59.3 Å². The average molecular weight is 466 g/mol. The van der Waals surface area contributed by atoms with Crippen LogP contribution < -0.4 is 14.8 Å². The molecule has 1 amide bonds. The molecule has 1 N–H and O–H groups in total. The number of alkyl halides is 2. The first-order valence-electron chi connectivity index (χ1n) is 8.74. The summed E-state index contributed by atoms with van der Waals surface area (Å²) in [4.78, 5) is 12.5. The monoisotopic (exact) mass is 465 g/mol. The summed E-state index contributed by atoms with van der Waals surface area (Å²) in [6.07, 6.45) is 3.56. The van der Waals surface area contributed by atoms with Crippen LogP contribution in [0.4, 0.5) is 14.5 Å². The van der Waals surface area contributed by atoms with E-state index in [1.165, 1.54) is 18.2 Å².